The van der Waals surface area contributed by atoms with Gasteiger partial charge in [0.15, 0.2) is 0 Å². The van der Waals surface area contributed by atoms with E-state index in [1.807, 2.05) is 19.2 Å². The number of nitrogens with zero attached hydrogens (tertiary/aromatic N) is 1. The van der Waals surface area contributed by atoms with Crippen LogP contribution in [0.3, 0.4) is 0 Å². The first kappa shape index (κ1) is 14.0. The molecule has 0 spiro atoms. The van der Waals surface area contributed by atoms with Crippen molar-refractivity contribution in [1.29, 1.82) is 0 Å². The van der Waals surface area contributed by atoms with Gasteiger partial charge in [0.2, 0.25) is 5.91 Å². The molecule has 1 atom stereocenters. The number of fused-ring (bicyclic) bond motifs is 1. The number of carbonyl (C=O) groups is 1. The number of anilines is 1. The molecule has 1 aliphatic rings. The molecular weight excluding hydrogens is 242 g/mol. The Kier molecular flexibility index (Phi) is 4.52. The molecule has 0 saturated heterocycles. The van der Waals surface area contributed by atoms with Crippen LogP contribution < -0.4 is 16.0 Å². The highest BCUT2D eigenvalue weighted by atomic mass is 16.3. The van der Waals surface area contributed by atoms with Gasteiger partial charge in [-0.05, 0) is 37.2 Å². The largest absolute Gasteiger partial charge is 0.391 e. The van der Waals surface area contributed by atoms with E-state index in [-0.39, 0.29) is 5.91 Å². The summed E-state index contributed by atoms with van der Waals surface area (Å²) in [6, 6.07) is 6.03. The maximum atomic E-state index is 12.0. The van der Waals surface area contributed by atoms with Crippen molar-refractivity contribution in [2.45, 2.75) is 25.5 Å². The summed E-state index contributed by atoms with van der Waals surface area (Å²) in [6.07, 6.45) is 0.371. The molecule has 1 unspecified atom stereocenters. The zero-order valence-electron chi connectivity index (χ0n) is 11.2. The SMILES string of the molecule is CNCc1ccc2c(c1)CC(=O)N2CC(O)CCN. The molecule has 4 N–H and O–H groups in total. The highest BCUT2D eigenvalue weighted by molar-refractivity contribution is 6.01. The van der Waals surface area contributed by atoms with Crippen molar-refractivity contribution in [3.05, 3.63) is 29.3 Å². The van der Waals surface area contributed by atoms with Crippen LogP contribution in [-0.4, -0.2) is 37.3 Å². The van der Waals surface area contributed by atoms with Gasteiger partial charge >= 0.3 is 0 Å². The van der Waals surface area contributed by atoms with Gasteiger partial charge in [-0.3, -0.25) is 4.79 Å². The van der Waals surface area contributed by atoms with Crippen LogP contribution in [0.5, 0.6) is 0 Å². The molecule has 0 aromatic heterocycles. The van der Waals surface area contributed by atoms with Crippen molar-refractivity contribution < 1.29 is 9.90 Å². The van der Waals surface area contributed by atoms with Crippen molar-refractivity contribution >= 4 is 11.6 Å². The van der Waals surface area contributed by atoms with E-state index in [1.165, 1.54) is 5.56 Å². The van der Waals surface area contributed by atoms with E-state index < -0.39 is 6.10 Å². The first-order chi connectivity index (χ1) is 9.15. The van der Waals surface area contributed by atoms with Gasteiger partial charge < -0.3 is 21.1 Å². The van der Waals surface area contributed by atoms with Crippen LogP contribution in [0.15, 0.2) is 18.2 Å². The van der Waals surface area contributed by atoms with E-state index >= 15 is 0 Å². The number of hydrogen-bond donors (Lipinski definition) is 3. The number of amides is 1. The summed E-state index contributed by atoms with van der Waals surface area (Å²) in [5, 5.41) is 12.9. The summed E-state index contributed by atoms with van der Waals surface area (Å²) in [4.78, 5) is 13.7. The van der Waals surface area contributed by atoms with E-state index in [1.54, 1.807) is 4.90 Å². The third-order valence-corrected chi connectivity index (χ3v) is 3.35. The topological polar surface area (TPSA) is 78.6 Å². The van der Waals surface area contributed by atoms with Crippen molar-refractivity contribution in [1.82, 2.24) is 5.32 Å². The molecule has 5 heteroatoms. The third kappa shape index (κ3) is 3.12. The van der Waals surface area contributed by atoms with Gasteiger partial charge in [-0.15, -0.1) is 0 Å². The molecule has 5 nitrogen and oxygen atoms in total. The van der Waals surface area contributed by atoms with Gasteiger partial charge in [-0.25, -0.2) is 0 Å². The summed E-state index contributed by atoms with van der Waals surface area (Å²) in [5.74, 6) is 0.0488. The Bertz CT molecular complexity index is 462. The van der Waals surface area contributed by atoms with E-state index in [9.17, 15) is 9.90 Å². The average molecular weight is 263 g/mol. The lowest BCUT2D eigenvalue weighted by Crippen LogP contribution is -2.35. The second kappa shape index (κ2) is 6.14. The molecule has 104 valence electrons. The zero-order chi connectivity index (χ0) is 13.8. The minimum absolute atomic E-state index is 0.0488. The number of hydrogen-bond acceptors (Lipinski definition) is 4. The predicted octanol–water partition coefficient (Wildman–Crippen LogP) is 0.00480. The van der Waals surface area contributed by atoms with E-state index in [4.69, 9.17) is 5.73 Å². The van der Waals surface area contributed by atoms with Gasteiger partial charge in [0.25, 0.3) is 0 Å². The summed E-state index contributed by atoms with van der Waals surface area (Å²) in [5.41, 5.74) is 8.54. The smallest absolute Gasteiger partial charge is 0.231 e. The Balaban J connectivity index is 2.15. The highest BCUT2D eigenvalue weighted by Crippen LogP contribution is 2.30. The van der Waals surface area contributed by atoms with Crippen LogP contribution in [0.1, 0.15) is 17.5 Å². The number of aliphatic hydroxyl groups is 1. The van der Waals surface area contributed by atoms with Gasteiger partial charge in [-0.2, -0.15) is 0 Å². The molecule has 1 amide bonds. The maximum Gasteiger partial charge on any atom is 0.231 e. The predicted molar refractivity (Wildman–Crippen MR) is 74.9 cm³/mol. The van der Waals surface area contributed by atoms with Crippen molar-refractivity contribution in [2.75, 3.05) is 25.0 Å². The number of rotatable bonds is 6. The van der Waals surface area contributed by atoms with Gasteiger partial charge in [0.1, 0.15) is 0 Å². The number of β-amino-alcohol motifs (C(OH)–C–C–N with tert-alkyl or cyclic N) is 1. The number of nitrogens with two attached hydrogens (primary N) is 1. The second-order valence-electron chi connectivity index (χ2n) is 4.91. The molecule has 0 saturated carbocycles. The fourth-order valence-electron chi connectivity index (χ4n) is 2.45. The molecule has 0 fully saturated rings. The summed E-state index contributed by atoms with van der Waals surface area (Å²) in [7, 11) is 1.90. The second-order valence-corrected chi connectivity index (χ2v) is 4.91. The van der Waals surface area contributed by atoms with Gasteiger partial charge in [0, 0.05) is 12.2 Å². The minimum Gasteiger partial charge on any atom is -0.391 e. The molecule has 0 bridgehead atoms. The Morgan fingerprint density at radius 3 is 3.00 bits per heavy atom. The lowest BCUT2D eigenvalue weighted by Gasteiger charge is -2.21. The number of benzene rings is 1. The van der Waals surface area contributed by atoms with Crippen LogP contribution in [0, 0.1) is 0 Å². The molecule has 19 heavy (non-hydrogen) atoms. The quantitative estimate of drug-likeness (QED) is 0.675. The Morgan fingerprint density at radius 1 is 1.53 bits per heavy atom. The van der Waals surface area contributed by atoms with E-state index in [0.717, 1.165) is 17.8 Å². The minimum atomic E-state index is -0.558. The van der Waals surface area contributed by atoms with Crippen molar-refractivity contribution in [3.8, 4) is 0 Å². The number of nitrogens with one attached hydrogen (secondary N) is 1. The Hall–Kier alpha value is -1.43. The van der Waals surface area contributed by atoms with Crippen LogP contribution >= 0.6 is 0 Å². The summed E-state index contributed by atoms with van der Waals surface area (Å²) < 4.78 is 0. The zero-order valence-corrected chi connectivity index (χ0v) is 11.2. The fraction of sp³-hybridized carbons (Fsp3) is 0.500. The maximum absolute atomic E-state index is 12.0. The van der Waals surface area contributed by atoms with Crippen LogP contribution in [0.25, 0.3) is 0 Å². The Morgan fingerprint density at radius 2 is 2.32 bits per heavy atom. The molecule has 1 aromatic carbocycles. The lowest BCUT2D eigenvalue weighted by molar-refractivity contribution is -0.117. The normalized spacial score (nSPS) is 15.7. The molecule has 1 heterocycles. The molecule has 1 aromatic rings. The number of aliphatic hydroxyl groups excluding tert-OH is 1. The van der Waals surface area contributed by atoms with E-state index in [2.05, 4.69) is 11.4 Å². The van der Waals surface area contributed by atoms with E-state index in [0.29, 0.717) is 25.9 Å². The van der Waals surface area contributed by atoms with Gasteiger partial charge in [-0.1, -0.05) is 12.1 Å². The fourth-order valence-corrected chi connectivity index (χ4v) is 2.45. The molecule has 0 radical (unpaired) electrons. The first-order valence-corrected chi connectivity index (χ1v) is 6.60. The van der Waals surface area contributed by atoms with Crippen molar-refractivity contribution in [2.24, 2.45) is 5.73 Å². The monoisotopic (exact) mass is 263 g/mol. The average Bonchev–Trinajstić information content (AvgIpc) is 2.66. The highest BCUT2D eigenvalue weighted by Gasteiger charge is 2.28. The molecule has 1 aliphatic heterocycles. The number of carbonyl (C=O) groups excluding carboxylic acids is 1. The Labute approximate surface area is 113 Å². The van der Waals surface area contributed by atoms with Crippen LogP contribution in [0.4, 0.5) is 5.69 Å². The standard InChI is InChI=1S/C14H21N3O2/c1-16-8-10-2-3-13-11(6-10)7-14(19)17(13)9-12(18)4-5-15/h2-3,6,12,16,18H,4-5,7-9,15H2,1H3. The van der Waals surface area contributed by atoms with Crippen molar-refractivity contribution in [3.63, 3.8) is 0 Å². The third-order valence-electron chi connectivity index (χ3n) is 3.35. The van der Waals surface area contributed by atoms with Crippen LogP contribution in [-0.2, 0) is 17.8 Å². The summed E-state index contributed by atoms with van der Waals surface area (Å²) in [6.45, 7) is 1.54. The lowest BCUT2D eigenvalue weighted by atomic mass is 10.1. The molecule has 0 aliphatic carbocycles. The molecular formula is C14H21N3O2. The van der Waals surface area contributed by atoms with Gasteiger partial charge in [0.05, 0.1) is 19.1 Å². The molecule has 2 rings (SSSR count). The first-order valence-electron chi connectivity index (χ1n) is 6.60. The summed E-state index contributed by atoms with van der Waals surface area (Å²) >= 11 is 0. The van der Waals surface area contributed by atoms with Crippen LogP contribution in [0.2, 0.25) is 0 Å².